The van der Waals surface area contributed by atoms with Crippen LogP contribution in [-0.2, 0) is 17.8 Å². The number of nitrogens with zero attached hydrogens (tertiary/aromatic N) is 1. The smallest absolute Gasteiger partial charge is 0.125 e. The second-order valence-corrected chi connectivity index (χ2v) is 8.73. The van der Waals surface area contributed by atoms with E-state index in [1.165, 1.54) is 5.56 Å². The molecule has 156 valence electrons. The molecular weight excluding hydrogens is 389 g/mol. The van der Waals surface area contributed by atoms with Crippen molar-refractivity contribution in [3.8, 4) is 5.75 Å². The molecule has 1 saturated heterocycles. The van der Waals surface area contributed by atoms with Gasteiger partial charge in [0.05, 0.1) is 6.61 Å². The fraction of sp³-hybridized carbons (Fsp3) is 0.500. The number of fused-ring (bicyclic) bond motifs is 1. The molecular formula is C24H29ClFNO2. The molecule has 2 aromatic rings. The van der Waals surface area contributed by atoms with Gasteiger partial charge >= 0.3 is 0 Å². The van der Waals surface area contributed by atoms with Crippen LogP contribution < -0.4 is 4.74 Å². The highest BCUT2D eigenvalue weighted by Crippen LogP contribution is 2.38. The van der Waals surface area contributed by atoms with Crippen LogP contribution in [0, 0.1) is 5.82 Å². The lowest BCUT2D eigenvalue weighted by atomic mass is 9.86. The molecule has 2 heterocycles. The molecule has 1 spiro atoms. The summed E-state index contributed by atoms with van der Waals surface area (Å²) >= 11 is 6.13. The van der Waals surface area contributed by atoms with Gasteiger partial charge in [0.15, 0.2) is 0 Å². The Morgan fingerprint density at radius 2 is 1.86 bits per heavy atom. The maximum absolute atomic E-state index is 13.0. The molecule has 2 aliphatic heterocycles. The van der Waals surface area contributed by atoms with E-state index in [2.05, 4.69) is 11.8 Å². The SMILES string of the molecule is CC1Oc2ccc(Cl)cc2COC12CCN(CCCCc1ccc(F)cc1)CC2. The predicted octanol–water partition coefficient (Wildman–Crippen LogP) is 5.63. The Kier molecular flexibility index (Phi) is 6.43. The first kappa shape index (κ1) is 20.6. The molecule has 0 radical (unpaired) electrons. The van der Waals surface area contributed by atoms with Crippen LogP contribution >= 0.6 is 11.6 Å². The summed E-state index contributed by atoms with van der Waals surface area (Å²) in [5.41, 5.74) is 2.02. The van der Waals surface area contributed by atoms with Crippen LogP contribution in [-0.4, -0.2) is 36.2 Å². The van der Waals surface area contributed by atoms with Gasteiger partial charge in [0.2, 0.25) is 0 Å². The van der Waals surface area contributed by atoms with Gasteiger partial charge in [-0.25, -0.2) is 4.39 Å². The molecule has 1 unspecified atom stereocenters. The van der Waals surface area contributed by atoms with Crippen LogP contribution in [0.4, 0.5) is 4.39 Å². The van der Waals surface area contributed by atoms with E-state index in [-0.39, 0.29) is 17.5 Å². The van der Waals surface area contributed by atoms with Gasteiger partial charge in [-0.1, -0.05) is 23.7 Å². The van der Waals surface area contributed by atoms with Crippen molar-refractivity contribution in [2.75, 3.05) is 19.6 Å². The molecule has 1 atom stereocenters. The first-order valence-corrected chi connectivity index (χ1v) is 11.0. The van der Waals surface area contributed by atoms with E-state index in [1.54, 1.807) is 12.1 Å². The van der Waals surface area contributed by atoms with Crippen molar-refractivity contribution in [2.45, 2.75) is 57.3 Å². The zero-order valence-corrected chi connectivity index (χ0v) is 17.8. The van der Waals surface area contributed by atoms with E-state index in [4.69, 9.17) is 21.1 Å². The number of aryl methyl sites for hydroxylation is 1. The number of rotatable bonds is 5. The molecule has 3 nitrogen and oxygen atoms in total. The monoisotopic (exact) mass is 417 g/mol. The minimum Gasteiger partial charge on any atom is -0.487 e. The van der Waals surface area contributed by atoms with Crippen molar-refractivity contribution in [3.05, 3.63) is 64.4 Å². The Labute approximate surface area is 177 Å². The fourth-order valence-electron chi connectivity index (χ4n) is 4.43. The summed E-state index contributed by atoms with van der Waals surface area (Å²) in [5.74, 6) is 0.725. The molecule has 0 bridgehead atoms. The topological polar surface area (TPSA) is 21.7 Å². The molecule has 5 heteroatoms. The van der Waals surface area contributed by atoms with Crippen molar-refractivity contribution >= 4 is 11.6 Å². The average Bonchev–Trinajstić information content (AvgIpc) is 2.85. The van der Waals surface area contributed by atoms with Crippen molar-refractivity contribution < 1.29 is 13.9 Å². The molecule has 1 fully saturated rings. The molecule has 0 aliphatic carbocycles. The van der Waals surface area contributed by atoms with Gasteiger partial charge in [0, 0.05) is 23.7 Å². The Balaban J connectivity index is 1.25. The van der Waals surface area contributed by atoms with Crippen molar-refractivity contribution in [3.63, 3.8) is 0 Å². The predicted molar refractivity (Wildman–Crippen MR) is 114 cm³/mol. The Morgan fingerprint density at radius 1 is 1.10 bits per heavy atom. The lowest BCUT2D eigenvalue weighted by Crippen LogP contribution is -2.53. The third kappa shape index (κ3) is 4.93. The molecule has 0 saturated carbocycles. The Morgan fingerprint density at radius 3 is 2.62 bits per heavy atom. The Hall–Kier alpha value is -1.62. The van der Waals surface area contributed by atoms with Gasteiger partial charge < -0.3 is 14.4 Å². The number of likely N-dealkylation sites (tertiary alicyclic amines) is 1. The third-order valence-electron chi connectivity index (χ3n) is 6.39. The molecule has 0 N–H and O–H groups in total. The highest BCUT2D eigenvalue weighted by molar-refractivity contribution is 6.30. The van der Waals surface area contributed by atoms with Gasteiger partial charge in [-0.2, -0.15) is 0 Å². The van der Waals surface area contributed by atoms with E-state index in [1.807, 2.05) is 30.3 Å². The Bertz CT molecular complexity index is 818. The highest BCUT2D eigenvalue weighted by Gasteiger charge is 2.43. The molecule has 29 heavy (non-hydrogen) atoms. The average molecular weight is 418 g/mol. The summed E-state index contributed by atoms with van der Waals surface area (Å²) < 4.78 is 25.7. The zero-order chi connectivity index (χ0) is 20.3. The van der Waals surface area contributed by atoms with Gasteiger partial charge in [-0.15, -0.1) is 0 Å². The highest BCUT2D eigenvalue weighted by atomic mass is 35.5. The number of hydrogen-bond acceptors (Lipinski definition) is 3. The second-order valence-electron chi connectivity index (χ2n) is 8.29. The first-order valence-electron chi connectivity index (χ1n) is 10.6. The molecule has 0 aromatic heterocycles. The van der Waals surface area contributed by atoms with Crippen LogP contribution in [0.2, 0.25) is 5.02 Å². The zero-order valence-electron chi connectivity index (χ0n) is 17.0. The van der Waals surface area contributed by atoms with E-state index in [0.717, 1.165) is 68.1 Å². The van der Waals surface area contributed by atoms with E-state index >= 15 is 0 Å². The van der Waals surface area contributed by atoms with E-state index in [9.17, 15) is 4.39 Å². The van der Waals surface area contributed by atoms with Crippen LogP contribution in [0.5, 0.6) is 5.75 Å². The lowest BCUT2D eigenvalue weighted by Gasteiger charge is -2.43. The molecule has 2 aromatic carbocycles. The summed E-state index contributed by atoms with van der Waals surface area (Å²) in [4.78, 5) is 2.53. The van der Waals surface area contributed by atoms with Gasteiger partial charge in [-0.3, -0.25) is 0 Å². The number of hydrogen-bond donors (Lipinski definition) is 0. The normalized spacial score (nSPS) is 21.4. The first-order chi connectivity index (χ1) is 14.0. The third-order valence-corrected chi connectivity index (χ3v) is 6.62. The van der Waals surface area contributed by atoms with E-state index in [0.29, 0.717) is 6.61 Å². The maximum atomic E-state index is 13.0. The number of ether oxygens (including phenoxy) is 2. The summed E-state index contributed by atoms with van der Waals surface area (Å²) in [7, 11) is 0. The van der Waals surface area contributed by atoms with Crippen LogP contribution in [0.15, 0.2) is 42.5 Å². The molecule has 4 rings (SSSR count). The van der Waals surface area contributed by atoms with Crippen molar-refractivity contribution in [2.24, 2.45) is 0 Å². The largest absolute Gasteiger partial charge is 0.487 e. The van der Waals surface area contributed by atoms with Crippen molar-refractivity contribution in [1.29, 1.82) is 0 Å². The van der Waals surface area contributed by atoms with E-state index < -0.39 is 0 Å². The second kappa shape index (κ2) is 9.03. The minimum atomic E-state index is -0.226. The van der Waals surface area contributed by atoms with Gasteiger partial charge in [-0.05, 0) is 81.5 Å². The quantitative estimate of drug-likeness (QED) is 0.588. The number of halogens is 2. The minimum absolute atomic E-state index is 0.0190. The maximum Gasteiger partial charge on any atom is 0.125 e. The molecule has 2 aliphatic rings. The van der Waals surface area contributed by atoms with Crippen LogP contribution in [0.1, 0.15) is 43.7 Å². The standard InChI is InChI=1S/C24H29ClFNO2/c1-18-24(28-17-20-16-21(25)7-10-23(20)29-18)11-14-27(15-12-24)13-3-2-4-19-5-8-22(26)9-6-19/h5-10,16,18H,2-4,11-15,17H2,1H3. The van der Waals surface area contributed by atoms with Crippen molar-refractivity contribution in [1.82, 2.24) is 4.90 Å². The van der Waals surface area contributed by atoms with Crippen LogP contribution in [0.3, 0.4) is 0 Å². The summed E-state index contributed by atoms with van der Waals surface area (Å²) in [6.45, 7) is 5.84. The lowest BCUT2D eigenvalue weighted by molar-refractivity contribution is -0.136. The summed E-state index contributed by atoms with van der Waals surface area (Å²) in [5, 5.41) is 0.718. The van der Waals surface area contributed by atoms with Crippen LogP contribution in [0.25, 0.3) is 0 Å². The van der Waals surface area contributed by atoms with Gasteiger partial charge in [0.1, 0.15) is 23.3 Å². The molecule has 0 amide bonds. The summed E-state index contributed by atoms with van der Waals surface area (Å²) in [6.07, 6.45) is 5.26. The number of unbranched alkanes of at least 4 members (excludes halogenated alkanes) is 1. The summed E-state index contributed by atoms with van der Waals surface area (Å²) in [6, 6.07) is 12.6. The number of benzene rings is 2. The fourth-order valence-corrected chi connectivity index (χ4v) is 4.63. The number of piperidine rings is 1. The van der Waals surface area contributed by atoms with Gasteiger partial charge in [0.25, 0.3) is 0 Å².